The zero-order valence-corrected chi connectivity index (χ0v) is 9.16. The van der Waals surface area contributed by atoms with Crippen molar-refractivity contribution in [1.29, 1.82) is 0 Å². The zero-order valence-electron chi connectivity index (χ0n) is 9.16. The molecule has 2 nitrogen and oxygen atoms in total. The van der Waals surface area contributed by atoms with Crippen LogP contribution in [0.1, 0.15) is 30.9 Å². The Morgan fingerprint density at radius 2 is 2.33 bits per heavy atom. The molecule has 2 heteroatoms. The second kappa shape index (κ2) is 3.37. The van der Waals surface area contributed by atoms with E-state index in [1.807, 2.05) is 31.2 Å². The first-order chi connectivity index (χ1) is 7.11. The molecule has 0 saturated heterocycles. The lowest BCUT2D eigenvalue weighted by atomic mass is 9.91. The van der Waals surface area contributed by atoms with Crippen molar-refractivity contribution in [2.24, 2.45) is 5.92 Å². The summed E-state index contributed by atoms with van der Waals surface area (Å²) in [5, 5.41) is 9.35. The average Bonchev–Trinajstić information content (AvgIpc) is 2.93. The molecule has 1 aliphatic carbocycles. The van der Waals surface area contributed by atoms with E-state index < -0.39 is 11.4 Å². The Hall–Kier alpha value is -1.31. The van der Waals surface area contributed by atoms with Crippen LogP contribution in [-0.4, -0.2) is 11.1 Å². The van der Waals surface area contributed by atoms with Crippen LogP contribution in [0.15, 0.2) is 24.3 Å². The van der Waals surface area contributed by atoms with Gasteiger partial charge in [0.2, 0.25) is 0 Å². The summed E-state index contributed by atoms with van der Waals surface area (Å²) in [7, 11) is 0. The number of hydrogen-bond acceptors (Lipinski definition) is 1. The van der Waals surface area contributed by atoms with Gasteiger partial charge in [-0.3, -0.25) is 4.79 Å². The van der Waals surface area contributed by atoms with Crippen molar-refractivity contribution in [2.75, 3.05) is 0 Å². The molecule has 0 heterocycles. The van der Waals surface area contributed by atoms with Crippen LogP contribution in [0.25, 0.3) is 0 Å². The van der Waals surface area contributed by atoms with Gasteiger partial charge in [-0.05, 0) is 24.8 Å². The van der Waals surface area contributed by atoms with Gasteiger partial charge in [-0.25, -0.2) is 0 Å². The van der Waals surface area contributed by atoms with Crippen molar-refractivity contribution in [3.8, 4) is 0 Å². The van der Waals surface area contributed by atoms with Gasteiger partial charge in [-0.15, -0.1) is 0 Å². The number of benzene rings is 1. The molecule has 1 aromatic carbocycles. The molecule has 2 atom stereocenters. The molecule has 0 amide bonds. The van der Waals surface area contributed by atoms with Crippen molar-refractivity contribution in [2.45, 2.75) is 32.1 Å². The second-order valence-corrected chi connectivity index (χ2v) is 4.46. The summed E-state index contributed by atoms with van der Waals surface area (Å²) in [5.74, 6) is -0.350. The molecule has 2 unspecified atom stereocenters. The first kappa shape index (κ1) is 10.2. The molecule has 0 aliphatic heterocycles. The highest BCUT2D eigenvalue weighted by atomic mass is 16.4. The minimum absolute atomic E-state index is 0.316. The van der Waals surface area contributed by atoms with Gasteiger partial charge in [-0.1, -0.05) is 43.2 Å². The quantitative estimate of drug-likeness (QED) is 0.822. The van der Waals surface area contributed by atoms with Gasteiger partial charge in [0, 0.05) is 0 Å². The third kappa shape index (κ3) is 1.44. The number of aliphatic carboxylic acids is 1. The summed E-state index contributed by atoms with van der Waals surface area (Å²) >= 11 is 0. The van der Waals surface area contributed by atoms with Crippen LogP contribution in [0.4, 0.5) is 0 Å². The van der Waals surface area contributed by atoms with Crippen LogP contribution in [0, 0.1) is 12.8 Å². The molecular formula is C13H16O2. The predicted molar refractivity (Wildman–Crippen MR) is 58.9 cm³/mol. The molecule has 80 valence electrons. The summed E-state index contributed by atoms with van der Waals surface area (Å²) in [4.78, 5) is 11.4. The van der Waals surface area contributed by atoms with Crippen molar-refractivity contribution in [3.05, 3.63) is 35.4 Å². The van der Waals surface area contributed by atoms with Crippen LogP contribution in [0.5, 0.6) is 0 Å². The summed E-state index contributed by atoms with van der Waals surface area (Å²) in [6.45, 7) is 4.06. The van der Waals surface area contributed by atoms with Crippen LogP contribution in [0.2, 0.25) is 0 Å². The fourth-order valence-electron chi connectivity index (χ4n) is 2.48. The molecule has 1 N–H and O–H groups in total. The fraction of sp³-hybridized carbons (Fsp3) is 0.462. The normalized spacial score (nSPS) is 28.8. The first-order valence-electron chi connectivity index (χ1n) is 5.41. The number of carboxylic acid groups (broad SMARTS) is 1. The lowest BCUT2D eigenvalue weighted by Crippen LogP contribution is -2.22. The molecule has 0 spiro atoms. The van der Waals surface area contributed by atoms with Gasteiger partial charge in [0.05, 0.1) is 5.41 Å². The SMILES string of the molecule is CCC1CC1(C(=O)O)c1cccc(C)c1. The molecular weight excluding hydrogens is 188 g/mol. The van der Waals surface area contributed by atoms with E-state index in [4.69, 9.17) is 0 Å². The highest BCUT2D eigenvalue weighted by Gasteiger charge is 2.60. The van der Waals surface area contributed by atoms with Crippen LogP contribution < -0.4 is 0 Å². The van der Waals surface area contributed by atoms with Crippen LogP contribution in [-0.2, 0) is 10.2 Å². The minimum Gasteiger partial charge on any atom is -0.481 e. The van der Waals surface area contributed by atoms with Crippen molar-refractivity contribution >= 4 is 5.97 Å². The monoisotopic (exact) mass is 204 g/mol. The maximum atomic E-state index is 11.4. The number of carboxylic acids is 1. The molecule has 1 aromatic rings. The van der Waals surface area contributed by atoms with Gasteiger partial charge >= 0.3 is 5.97 Å². The Labute approximate surface area is 89.9 Å². The highest BCUT2D eigenvalue weighted by Crippen LogP contribution is 2.56. The molecule has 0 radical (unpaired) electrons. The van der Waals surface area contributed by atoms with Crippen molar-refractivity contribution in [1.82, 2.24) is 0 Å². The van der Waals surface area contributed by atoms with Crippen molar-refractivity contribution in [3.63, 3.8) is 0 Å². The van der Waals surface area contributed by atoms with E-state index >= 15 is 0 Å². The molecule has 15 heavy (non-hydrogen) atoms. The molecule has 0 bridgehead atoms. The number of rotatable bonds is 3. The Balaban J connectivity index is 2.40. The number of hydrogen-bond donors (Lipinski definition) is 1. The largest absolute Gasteiger partial charge is 0.481 e. The van der Waals surface area contributed by atoms with E-state index in [1.165, 1.54) is 0 Å². The Kier molecular flexibility index (Phi) is 2.29. The molecule has 1 fully saturated rings. The lowest BCUT2D eigenvalue weighted by molar-refractivity contribution is -0.140. The minimum atomic E-state index is -0.667. The van der Waals surface area contributed by atoms with Gasteiger partial charge < -0.3 is 5.11 Å². The van der Waals surface area contributed by atoms with Crippen molar-refractivity contribution < 1.29 is 9.90 Å². The number of aryl methyl sites for hydroxylation is 1. The summed E-state index contributed by atoms with van der Waals surface area (Å²) < 4.78 is 0. The zero-order chi connectivity index (χ0) is 11.1. The van der Waals surface area contributed by atoms with Crippen LogP contribution in [0.3, 0.4) is 0 Å². The van der Waals surface area contributed by atoms with E-state index in [9.17, 15) is 9.90 Å². The highest BCUT2D eigenvalue weighted by molar-refractivity contribution is 5.85. The summed E-state index contributed by atoms with van der Waals surface area (Å²) in [5.41, 5.74) is 1.53. The fourth-order valence-corrected chi connectivity index (χ4v) is 2.48. The van der Waals surface area contributed by atoms with E-state index in [2.05, 4.69) is 6.92 Å². The Bertz CT molecular complexity index is 397. The van der Waals surface area contributed by atoms with Gasteiger partial charge in [0.25, 0.3) is 0 Å². The van der Waals surface area contributed by atoms with Crippen LogP contribution >= 0.6 is 0 Å². The van der Waals surface area contributed by atoms with E-state index in [-0.39, 0.29) is 0 Å². The van der Waals surface area contributed by atoms with Gasteiger partial charge in [0.1, 0.15) is 0 Å². The molecule has 2 rings (SSSR count). The topological polar surface area (TPSA) is 37.3 Å². The van der Waals surface area contributed by atoms with Gasteiger partial charge in [0.15, 0.2) is 0 Å². The first-order valence-corrected chi connectivity index (χ1v) is 5.41. The third-order valence-electron chi connectivity index (χ3n) is 3.51. The molecule has 1 aliphatic rings. The number of carbonyl (C=O) groups is 1. The van der Waals surface area contributed by atoms with Gasteiger partial charge in [-0.2, -0.15) is 0 Å². The second-order valence-electron chi connectivity index (χ2n) is 4.46. The van der Waals surface area contributed by atoms with E-state index in [1.54, 1.807) is 0 Å². The average molecular weight is 204 g/mol. The molecule has 1 saturated carbocycles. The maximum Gasteiger partial charge on any atom is 0.314 e. The standard InChI is InChI=1S/C13H16O2/c1-3-10-8-13(10,12(14)15)11-6-4-5-9(2)7-11/h4-7,10H,3,8H2,1-2H3,(H,14,15). The van der Waals surface area contributed by atoms with E-state index in [0.717, 1.165) is 24.0 Å². The summed E-state index contributed by atoms with van der Waals surface area (Å²) in [6, 6.07) is 7.89. The Morgan fingerprint density at radius 1 is 1.60 bits per heavy atom. The maximum absolute atomic E-state index is 11.4. The summed E-state index contributed by atoms with van der Waals surface area (Å²) in [6.07, 6.45) is 1.74. The molecule has 0 aromatic heterocycles. The smallest absolute Gasteiger partial charge is 0.314 e. The third-order valence-corrected chi connectivity index (χ3v) is 3.51. The predicted octanol–water partition coefficient (Wildman–Crippen LogP) is 2.75. The van der Waals surface area contributed by atoms with E-state index in [0.29, 0.717) is 5.92 Å². The lowest BCUT2D eigenvalue weighted by Gasteiger charge is -2.12. The Morgan fingerprint density at radius 3 is 2.80 bits per heavy atom.